The monoisotopic (exact) mass is 191 g/mol. The van der Waals surface area contributed by atoms with E-state index >= 15 is 0 Å². The summed E-state index contributed by atoms with van der Waals surface area (Å²) in [5, 5.41) is 0. The van der Waals surface area contributed by atoms with Crippen molar-refractivity contribution in [1.29, 1.82) is 0 Å². The first-order valence-electron chi connectivity index (χ1n) is 5.58. The third kappa shape index (κ3) is 2.76. The van der Waals surface area contributed by atoms with Gasteiger partial charge in [-0.3, -0.25) is 0 Å². The van der Waals surface area contributed by atoms with Crippen LogP contribution in [0.4, 0.5) is 5.69 Å². The van der Waals surface area contributed by atoms with Crippen molar-refractivity contribution in [2.45, 2.75) is 33.1 Å². The van der Waals surface area contributed by atoms with Gasteiger partial charge in [0.25, 0.3) is 0 Å². The maximum absolute atomic E-state index is 2.33. The fourth-order valence-corrected chi connectivity index (χ4v) is 1.72. The Morgan fingerprint density at radius 2 is 1.86 bits per heavy atom. The molecule has 0 saturated carbocycles. The van der Waals surface area contributed by atoms with E-state index < -0.39 is 0 Å². The number of fused-ring (bicyclic) bond motifs is 1. The van der Waals surface area contributed by atoms with E-state index in [1.807, 2.05) is 0 Å². The van der Waals surface area contributed by atoms with E-state index in [1.165, 1.54) is 37.1 Å². The molecule has 2 rings (SSSR count). The van der Waals surface area contributed by atoms with E-state index in [-0.39, 0.29) is 0 Å². The number of aryl methyl sites for hydroxylation is 1. The van der Waals surface area contributed by atoms with E-state index in [4.69, 9.17) is 0 Å². The smallest absolute Gasteiger partial charge is 0.0396 e. The molecule has 0 radical (unpaired) electrons. The van der Waals surface area contributed by atoms with Crippen molar-refractivity contribution in [3.63, 3.8) is 0 Å². The van der Waals surface area contributed by atoms with Gasteiger partial charge >= 0.3 is 0 Å². The van der Waals surface area contributed by atoms with Crippen LogP contribution in [0.25, 0.3) is 0 Å². The summed E-state index contributed by atoms with van der Waals surface area (Å²) in [7, 11) is 2.16. The number of hydrogen-bond acceptors (Lipinski definition) is 1. The van der Waals surface area contributed by atoms with Crippen LogP contribution in [0.15, 0.2) is 24.3 Å². The Bertz CT molecular complexity index is 268. The Morgan fingerprint density at radius 1 is 1.21 bits per heavy atom. The Hall–Kier alpha value is -0.980. The van der Waals surface area contributed by atoms with E-state index in [0.717, 1.165) is 0 Å². The van der Waals surface area contributed by atoms with Gasteiger partial charge < -0.3 is 4.90 Å². The molecular weight excluding hydrogens is 170 g/mol. The molecule has 0 saturated heterocycles. The first-order chi connectivity index (χ1) is 6.79. The molecule has 1 aliphatic heterocycles. The molecule has 1 aliphatic rings. The lowest BCUT2D eigenvalue weighted by molar-refractivity contribution is 0.744. The first kappa shape index (κ1) is 11.1. The summed E-state index contributed by atoms with van der Waals surface area (Å²) in [6.07, 6.45) is 3.80. The number of hydrogen-bond donors (Lipinski definition) is 0. The Morgan fingerprint density at radius 3 is 2.50 bits per heavy atom. The minimum atomic E-state index is 1.21. The maximum Gasteiger partial charge on any atom is 0.0396 e. The number of rotatable bonds is 0. The molecule has 1 heterocycles. The van der Waals surface area contributed by atoms with Gasteiger partial charge in [-0.25, -0.2) is 0 Å². The summed E-state index contributed by atoms with van der Waals surface area (Å²) in [6, 6.07) is 8.66. The zero-order valence-corrected chi connectivity index (χ0v) is 9.59. The lowest BCUT2D eigenvalue weighted by Crippen LogP contribution is -2.24. The van der Waals surface area contributed by atoms with Crippen molar-refractivity contribution in [2.24, 2.45) is 0 Å². The van der Waals surface area contributed by atoms with Gasteiger partial charge in [-0.15, -0.1) is 0 Å². The van der Waals surface area contributed by atoms with E-state index in [0.29, 0.717) is 0 Å². The second-order valence-electron chi connectivity index (χ2n) is 3.86. The van der Waals surface area contributed by atoms with Crippen molar-refractivity contribution in [3.8, 4) is 0 Å². The van der Waals surface area contributed by atoms with Crippen LogP contribution in [0.2, 0.25) is 0 Å². The Kier molecular flexibility index (Phi) is 4.51. The molecule has 14 heavy (non-hydrogen) atoms. The normalized spacial score (nSPS) is 14.1. The van der Waals surface area contributed by atoms with E-state index in [9.17, 15) is 0 Å². The number of para-hydroxylation sites is 1. The molecule has 0 bridgehead atoms. The minimum absolute atomic E-state index is 1.21. The van der Waals surface area contributed by atoms with Crippen molar-refractivity contribution in [2.75, 3.05) is 18.5 Å². The summed E-state index contributed by atoms with van der Waals surface area (Å²) in [6.45, 7) is 5.46. The summed E-state index contributed by atoms with van der Waals surface area (Å²) in [5.41, 5.74) is 2.92. The molecule has 1 aromatic rings. The van der Waals surface area contributed by atoms with E-state index in [2.05, 4.69) is 50.1 Å². The molecule has 0 spiro atoms. The molecule has 1 nitrogen and oxygen atoms in total. The van der Waals surface area contributed by atoms with Crippen LogP contribution >= 0.6 is 0 Å². The highest BCUT2D eigenvalue weighted by atomic mass is 15.1. The van der Waals surface area contributed by atoms with Crippen molar-refractivity contribution in [3.05, 3.63) is 29.8 Å². The third-order valence-corrected chi connectivity index (χ3v) is 2.34. The zero-order chi connectivity index (χ0) is 10.4. The zero-order valence-electron chi connectivity index (χ0n) is 9.59. The SMILES string of the molecule is CCC.CN1CCCc2ccccc21. The Balaban J connectivity index is 0.000000293. The van der Waals surface area contributed by atoms with Gasteiger partial charge in [-0.1, -0.05) is 38.5 Å². The van der Waals surface area contributed by atoms with Crippen LogP contribution in [0.5, 0.6) is 0 Å². The Labute approximate surface area is 87.7 Å². The van der Waals surface area contributed by atoms with Gasteiger partial charge in [0, 0.05) is 19.3 Å². The molecule has 0 amide bonds. The van der Waals surface area contributed by atoms with Crippen LogP contribution in [0.1, 0.15) is 32.3 Å². The fourth-order valence-electron chi connectivity index (χ4n) is 1.72. The summed E-state index contributed by atoms with van der Waals surface area (Å²) in [4.78, 5) is 2.33. The molecule has 1 aromatic carbocycles. The van der Waals surface area contributed by atoms with Crippen LogP contribution < -0.4 is 4.90 Å². The topological polar surface area (TPSA) is 3.24 Å². The van der Waals surface area contributed by atoms with E-state index in [1.54, 1.807) is 0 Å². The second-order valence-corrected chi connectivity index (χ2v) is 3.86. The van der Waals surface area contributed by atoms with Crippen LogP contribution in [-0.4, -0.2) is 13.6 Å². The molecule has 0 atom stereocenters. The second kappa shape index (κ2) is 5.69. The predicted molar refractivity (Wildman–Crippen MR) is 64.0 cm³/mol. The first-order valence-corrected chi connectivity index (χ1v) is 5.58. The minimum Gasteiger partial charge on any atom is -0.374 e. The number of benzene rings is 1. The largest absolute Gasteiger partial charge is 0.374 e. The van der Waals surface area contributed by atoms with Crippen LogP contribution in [-0.2, 0) is 6.42 Å². The molecule has 0 aliphatic carbocycles. The molecule has 0 aromatic heterocycles. The number of anilines is 1. The highest BCUT2D eigenvalue weighted by Gasteiger charge is 2.11. The lowest BCUT2D eigenvalue weighted by Gasteiger charge is -2.26. The van der Waals surface area contributed by atoms with Crippen molar-refractivity contribution in [1.82, 2.24) is 0 Å². The molecule has 1 heteroatoms. The quantitative estimate of drug-likeness (QED) is 0.607. The average molecular weight is 191 g/mol. The van der Waals surface area contributed by atoms with Crippen molar-refractivity contribution >= 4 is 5.69 Å². The lowest BCUT2D eigenvalue weighted by atomic mass is 10.0. The standard InChI is InChI=1S/C10H13N.C3H8/c1-11-8-4-6-9-5-2-3-7-10(9)11;1-3-2/h2-3,5,7H,4,6,8H2,1H3;3H2,1-2H3. The highest BCUT2D eigenvalue weighted by Crippen LogP contribution is 2.24. The average Bonchev–Trinajstić information content (AvgIpc) is 2.20. The maximum atomic E-state index is 2.33. The predicted octanol–water partition coefficient (Wildman–Crippen LogP) is 3.49. The van der Waals surface area contributed by atoms with Gasteiger partial charge in [0.05, 0.1) is 0 Å². The third-order valence-electron chi connectivity index (χ3n) is 2.34. The van der Waals surface area contributed by atoms with Gasteiger partial charge in [0.1, 0.15) is 0 Å². The molecular formula is C13H21N. The summed E-state index contributed by atoms with van der Waals surface area (Å²) in [5.74, 6) is 0. The van der Waals surface area contributed by atoms with Gasteiger partial charge in [-0.05, 0) is 24.5 Å². The molecule has 0 N–H and O–H groups in total. The highest BCUT2D eigenvalue weighted by molar-refractivity contribution is 5.54. The van der Waals surface area contributed by atoms with Gasteiger partial charge in [-0.2, -0.15) is 0 Å². The van der Waals surface area contributed by atoms with Crippen molar-refractivity contribution < 1.29 is 0 Å². The molecule has 0 unspecified atom stereocenters. The number of nitrogens with zero attached hydrogens (tertiary/aromatic N) is 1. The van der Waals surface area contributed by atoms with Gasteiger partial charge in [0.2, 0.25) is 0 Å². The molecule has 78 valence electrons. The molecule has 0 fully saturated rings. The van der Waals surface area contributed by atoms with Gasteiger partial charge in [0.15, 0.2) is 0 Å². The van der Waals surface area contributed by atoms with Crippen LogP contribution in [0, 0.1) is 0 Å². The van der Waals surface area contributed by atoms with Crippen LogP contribution in [0.3, 0.4) is 0 Å². The summed E-state index contributed by atoms with van der Waals surface area (Å²) >= 11 is 0. The fraction of sp³-hybridized carbons (Fsp3) is 0.538. The summed E-state index contributed by atoms with van der Waals surface area (Å²) < 4.78 is 0.